The third-order valence-corrected chi connectivity index (χ3v) is 5.42. The van der Waals surface area contributed by atoms with Gasteiger partial charge in [-0.2, -0.15) is 0 Å². The van der Waals surface area contributed by atoms with Crippen LogP contribution in [0, 0.1) is 5.41 Å². The van der Waals surface area contributed by atoms with Crippen LogP contribution in [0.5, 0.6) is 0 Å². The second kappa shape index (κ2) is 5.98. The van der Waals surface area contributed by atoms with E-state index in [1.54, 1.807) is 0 Å². The molecule has 0 spiro atoms. The van der Waals surface area contributed by atoms with Crippen LogP contribution in [0.15, 0.2) is 24.3 Å². The molecule has 3 heteroatoms. The first kappa shape index (κ1) is 14.9. The van der Waals surface area contributed by atoms with E-state index in [1.807, 2.05) is 7.11 Å². The molecule has 3 rings (SSSR count). The van der Waals surface area contributed by atoms with E-state index < -0.39 is 0 Å². The highest BCUT2D eigenvalue weighted by molar-refractivity contribution is 5.48. The highest BCUT2D eigenvalue weighted by Crippen LogP contribution is 2.42. The van der Waals surface area contributed by atoms with Crippen LogP contribution in [-0.2, 0) is 11.3 Å². The average Bonchev–Trinajstić information content (AvgIpc) is 3.01. The van der Waals surface area contributed by atoms with Crippen molar-refractivity contribution in [2.45, 2.75) is 51.8 Å². The van der Waals surface area contributed by atoms with Crippen LogP contribution in [0.3, 0.4) is 0 Å². The maximum absolute atomic E-state index is 5.51. The lowest BCUT2D eigenvalue weighted by atomic mass is 9.64. The van der Waals surface area contributed by atoms with E-state index in [1.165, 1.54) is 37.2 Å². The van der Waals surface area contributed by atoms with E-state index in [0.717, 1.165) is 13.0 Å². The van der Waals surface area contributed by atoms with Crippen molar-refractivity contribution in [2.75, 3.05) is 25.1 Å². The predicted molar refractivity (Wildman–Crippen MR) is 87.7 cm³/mol. The van der Waals surface area contributed by atoms with Crippen LogP contribution in [0.25, 0.3) is 0 Å². The zero-order valence-corrected chi connectivity index (χ0v) is 13.6. The summed E-state index contributed by atoms with van der Waals surface area (Å²) in [4.78, 5) is 2.48. The normalized spacial score (nSPS) is 27.7. The van der Waals surface area contributed by atoms with Gasteiger partial charge in [-0.3, -0.25) is 0 Å². The molecule has 2 fully saturated rings. The summed E-state index contributed by atoms with van der Waals surface area (Å²) in [6.07, 6.45) is 4.18. The van der Waals surface area contributed by atoms with Crippen LogP contribution in [0.4, 0.5) is 5.69 Å². The summed E-state index contributed by atoms with van der Waals surface area (Å²) in [5.41, 5.74) is 2.99. The standard InChI is InChI=1S/C18H28N2O/c1-18(2)16(12-17(18)21-3)19-13-14-6-8-15(9-7-14)20-10-4-5-11-20/h6-9,16-17,19H,4-5,10-13H2,1-3H3. The predicted octanol–water partition coefficient (Wildman–Crippen LogP) is 3.19. The summed E-state index contributed by atoms with van der Waals surface area (Å²) in [5, 5.41) is 3.69. The molecular weight excluding hydrogens is 260 g/mol. The van der Waals surface area contributed by atoms with Gasteiger partial charge in [0, 0.05) is 43.9 Å². The lowest BCUT2D eigenvalue weighted by Gasteiger charge is -2.51. The molecule has 1 saturated heterocycles. The van der Waals surface area contributed by atoms with Crippen molar-refractivity contribution in [3.63, 3.8) is 0 Å². The molecule has 1 saturated carbocycles. The van der Waals surface area contributed by atoms with Crippen LogP contribution < -0.4 is 10.2 Å². The minimum Gasteiger partial charge on any atom is -0.381 e. The smallest absolute Gasteiger partial charge is 0.0652 e. The summed E-state index contributed by atoms with van der Waals surface area (Å²) in [5.74, 6) is 0. The molecule has 3 nitrogen and oxygen atoms in total. The number of ether oxygens (including phenoxy) is 1. The first-order chi connectivity index (χ1) is 10.1. The van der Waals surface area contributed by atoms with Gasteiger partial charge >= 0.3 is 0 Å². The molecular formula is C18H28N2O. The molecule has 0 bridgehead atoms. The van der Waals surface area contributed by atoms with Crippen molar-refractivity contribution in [3.05, 3.63) is 29.8 Å². The fourth-order valence-electron chi connectivity index (χ4n) is 3.67. The lowest BCUT2D eigenvalue weighted by Crippen LogP contribution is -2.60. The number of hydrogen-bond donors (Lipinski definition) is 1. The summed E-state index contributed by atoms with van der Waals surface area (Å²) in [6, 6.07) is 9.62. The van der Waals surface area contributed by atoms with Crippen LogP contribution in [0.1, 0.15) is 38.7 Å². The van der Waals surface area contributed by atoms with Crippen LogP contribution in [-0.4, -0.2) is 32.3 Å². The molecule has 0 amide bonds. The fraction of sp³-hybridized carbons (Fsp3) is 0.667. The quantitative estimate of drug-likeness (QED) is 0.900. The minimum atomic E-state index is 0.240. The molecule has 116 valence electrons. The largest absolute Gasteiger partial charge is 0.381 e. The van der Waals surface area contributed by atoms with Crippen molar-refractivity contribution < 1.29 is 4.74 Å². The summed E-state index contributed by atoms with van der Waals surface area (Å²) < 4.78 is 5.51. The molecule has 2 atom stereocenters. The van der Waals surface area contributed by atoms with Gasteiger partial charge in [0.2, 0.25) is 0 Å². The van der Waals surface area contributed by atoms with Gasteiger partial charge in [-0.05, 0) is 37.0 Å². The Bertz CT molecular complexity index is 463. The molecule has 21 heavy (non-hydrogen) atoms. The number of benzene rings is 1. The van der Waals surface area contributed by atoms with Crippen molar-refractivity contribution in [1.29, 1.82) is 0 Å². The van der Waals surface area contributed by atoms with Crippen molar-refractivity contribution in [1.82, 2.24) is 5.32 Å². The van der Waals surface area contributed by atoms with Gasteiger partial charge in [0.1, 0.15) is 0 Å². The Labute approximate surface area is 128 Å². The molecule has 2 aliphatic rings. The summed E-state index contributed by atoms with van der Waals surface area (Å²) in [7, 11) is 1.82. The first-order valence-electron chi connectivity index (χ1n) is 8.21. The van der Waals surface area contributed by atoms with Crippen LogP contribution >= 0.6 is 0 Å². The second-order valence-electron chi connectivity index (χ2n) is 7.08. The SMILES string of the molecule is COC1CC(NCc2ccc(N3CCCC3)cc2)C1(C)C. The molecule has 2 unspecified atom stereocenters. The molecule has 0 aromatic heterocycles. The Balaban J connectivity index is 1.52. The van der Waals surface area contributed by atoms with E-state index in [0.29, 0.717) is 12.1 Å². The summed E-state index contributed by atoms with van der Waals surface area (Å²) >= 11 is 0. The Morgan fingerprint density at radius 3 is 2.43 bits per heavy atom. The van der Waals surface area contributed by atoms with Gasteiger partial charge in [-0.1, -0.05) is 26.0 Å². The highest BCUT2D eigenvalue weighted by atomic mass is 16.5. The Morgan fingerprint density at radius 2 is 1.86 bits per heavy atom. The second-order valence-corrected chi connectivity index (χ2v) is 7.08. The van der Waals surface area contributed by atoms with E-state index >= 15 is 0 Å². The number of hydrogen-bond acceptors (Lipinski definition) is 3. The number of nitrogens with one attached hydrogen (secondary N) is 1. The highest BCUT2D eigenvalue weighted by Gasteiger charge is 2.48. The number of nitrogens with zero attached hydrogens (tertiary/aromatic N) is 1. The van der Waals surface area contributed by atoms with E-state index in [4.69, 9.17) is 4.74 Å². The fourth-order valence-corrected chi connectivity index (χ4v) is 3.67. The molecule has 1 aromatic rings. The van der Waals surface area contributed by atoms with Gasteiger partial charge in [-0.15, -0.1) is 0 Å². The van der Waals surface area contributed by atoms with E-state index in [9.17, 15) is 0 Å². The third kappa shape index (κ3) is 2.95. The third-order valence-electron chi connectivity index (χ3n) is 5.42. The van der Waals surface area contributed by atoms with Gasteiger partial charge in [-0.25, -0.2) is 0 Å². The van der Waals surface area contributed by atoms with Gasteiger partial charge in [0.15, 0.2) is 0 Å². The van der Waals surface area contributed by atoms with E-state index in [-0.39, 0.29) is 5.41 Å². The maximum atomic E-state index is 5.51. The minimum absolute atomic E-state index is 0.240. The zero-order chi connectivity index (χ0) is 14.9. The first-order valence-corrected chi connectivity index (χ1v) is 8.21. The van der Waals surface area contributed by atoms with Crippen molar-refractivity contribution >= 4 is 5.69 Å². The van der Waals surface area contributed by atoms with Crippen molar-refractivity contribution in [2.24, 2.45) is 5.41 Å². The molecule has 1 aliphatic carbocycles. The molecule has 1 N–H and O–H groups in total. The molecule has 0 radical (unpaired) electrons. The van der Waals surface area contributed by atoms with E-state index in [2.05, 4.69) is 48.3 Å². The van der Waals surface area contributed by atoms with Crippen molar-refractivity contribution in [3.8, 4) is 0 Å². The molecule has 1 aliphatic heterocycles. The number of methoxy groups -OCH3 is 1. The number of rotatable bonds is 5. The Morgan fingerprint density at radius 1 is 1.19 bits per heavy atom. The maximum Gasteiger partial charge on any atom is 0.0652 e. The monoisotopic (exact) mass is 288 g/mol. The molecule has 1 heterocycles. The lowest BCUT2D eigenvalue weighted by molar-refractivity contribution is -0.0979. The van der Waals surface area contributed by atoms with Crippen LogP contribution in [0.2, 0.25) is 0 Å². The Hall–Kier alpha value is -1.06. The van der Waals surface area contributed by atoms with Gasteiger partial charge in [0.25, 0.3) is 0 Å². The average molecular weight is 288 g/mol. The molecule has 1 aromatic carbocycles. The van der Waals surface area contributed by atoms with Gasteiger partial charge in [0.05, 0.1) is 6.10 Å². The number of anilines is 1. The zero-order valence-electron chi connectivity index (χ0n) is 13.6. The topological polar surface area (TPSA) is 24.5 Å². The Kier molecular flexibility index (Phi) is 4.23. The van der Waals surface area contributed by atoms with Gasteiger partial charge < -0.3 is 15.0 Å². The summed E-state index contributed by atoms with van der Waals surface area (Å²) in [6.45, 7) is 7.96.